The second-order valence-corrected chi connectivity index (χ2v) is 5.37. The molecule has 106 valence electrons. The number of nitrogens with zero attached hydrogens (tertiary/aromatic N) is 2. The number of hydrogen-bond donors (Lipinski definition) is 1. The van der Waals surface area contributed by atoms with Crippen LogP contribution in [0.5, 0.6) is 0 Å². The van der Waals surface area contributed by atoms with Crippen molar-refractivity contribution in [2.24, 2.45) is 0 Å². The number of aryl methyl sites for hydroxylation is 1. The number of benzene rings is 1. The Morgan fingerprint density at radius 1 is 1.50 bits per heavy atom. The van der Waals surface area contributed by atoms with Crippen LogP contribution in [0, 0.1) is 6.92 Å². The fourth-order valence-corrected chi connectivity index (χ4v) is 3.09. The Bertz CT molecular complexity index is 662. The maximum atomic E-state index is 11.5. The highest BCUT2D eigenvalue weighted by atomic mass is 16.5. The van der Waals surface area contributed by atoms with Gasteiger partial charge in [0.05, 0.1) is 22.7 Å². The molecule has 5 heteroatoms. The lowest BCUT2D eigenvalue weighted by Crippen LogP contribution is -2.26. The molecule has 2 atom stereocenters. The molecule has 2 heterocycles. The van der Waals surface area contributed by atoms with Crippen LogP contribution in [0.15, 0.2) is 18.2 Å². The molecule has 0 amide bonds. The van der Waals surface area contributed by atoms with E-state index in [2.05, 4.69) is 16.5 Å². The van der Waals surface area contributed by atoms with Gasteiger partial charge < -0.3 is 14.4 Å². The minimum atomic E-state index is -0.906. The third-order valence-corrected chi connectivity index (χ3v) is 3.94. The van der Waals surface area contributed by atoms with E-state index in [1.54, 1.807) is 12.1 Å². The number of carboxylic acid groups (broad SMARTS) is 1. The zero-order valence-electron chi connectivity index (χ0n) is 11.7. The van der Waals surface area contributed by atoms with Crippen LogP contribution in [0.1, 0.15) is 42.0 Å². The molecule has 0 saturated carbocycles. The van der Waals surface area contributed by atoms with E-state index in [1.807, 2.05) is 13.0 Å². The van der Waals surface area contributed by atoms with Gasteiger partial charge in [-0.2, -0.15) is 0 Å². The number of para-hydroxylation sites is 1. The molecule has 5 nitrogen and oxygen atoms in total. The van der Waals surface area contributed by atoms with Crippen LogP contribution >= 0.6 is 0 Å². The van der Waals surface area contributed by atoms with Gasteiger partial charge in [0, 0.05) is 12.6 Å². The summed E-state index contributed by atoms with van der Waals surface area (Å²) in [6.45, 7) is 4.70. The molecule has 3 rings (SSSR count). The summed E-state index contributed by atoms with van der Waals surface area (Å²) in [5.74, 6) is -0.0374. The quantitative estimate of drug-likeness (QED) is 0.914. The molecule has 0 radical (unpaired) electrons. The number of fused-ring (bicyclic) bond motifs is 1. The van der Waals surface area contributed by atoms with E-state index in [4.69, 9.17) is 4.74 Å². The molecular weight excluding hydrogens is 256 g/mol. The van der Waals surface area contributed by atoms with E-state index in [-0.39, 0.29) is 12.1 Å². The predicted octanol–water partition coefficient (Wildman–Crippen LogP) is 2.78. The zero-order valence-corrected chi connectivity index (χ0v) is 11.7. The third-order valence-electron chi connectivity index (χ3n) is 3.94. The fourth-order valence-electron chi connectivity index (χ4n) is 3.09. The molecule has 1 aliphatic heterocycles. The van der Waals surface area contributed by atoms with Gasteiger partial charge in [-0.1, -0.05) is 6.07 Å². The van der Waals surface area contributed by atoms with Crippen molar-refractivity contribution in [1.29, 1.82) is 0 Å². The highest BCUT2D eigenvalue weighted by Gasteiger charge is 2.25. The van der Waals surface area contributed by atoms with Crippen molar-refractivity contribution in [1.82, 2.24) is 9.55 Å². The number of ether oxygens (including phenoxy) is 1. The van der Waals surface area contributed by atoms with Crippen LogP contribution < -0.4 is 0 Å². The first-order valence-electron chi connectivity index (χ1n) is 6.90. The van der Waals surface area contributed by atoms with Gasteiger partial charge in [-0.25, -0.2) is 9.78 Å². The van der Waals surface area contributed by atoms with E-state index in [0.717, 1.165) is 29.7 Å². The van der Waals surface area contributed by atoms with Gasteiger partial charge in [-0.15, -0.1) is 0 Å². The largest absolute Gasteiger partial charge is 0.478 e. The molecule has 20 heavy (non-hydrogen) atoms. The standard InChI is InChI=1S/C15H18N2O3/c1-9-8-11(6-7-20-9)17-10(2)16-13-5-3-4-12(14(13)17)15(18)19/h3-5,9,11H,6-8H2,1-2H3,(H,18,19). The second-order valence-electron chi connectivity index (χ2n) is 5.37. The molecule has 0 spiro atoms. The van der Waals surface area contributed by atoms with Crippen molar-refractivity contribution in [3.05, 3.63) is 29.6 Å². The Morgan fingerprint density at radius 3 is 3.00 bits per heavy atom. The SMILES string of the molecule is Cc1nc2cccc(C(=O)O)c2n1C1CCOC(C)C1. The van der Waals surface area contributed by atoms with Crippen molar-refractivity contribution >= 4 is 17.0 Å². The molecule has 1 fully saturated rings. The van der Waals surface area contributed by atoms with Gasteiger partial charge in [-0.3, -0.25) is 0 Å². The molecule has 2 aromatic rings. The molecule has 0 bridgehead atoms. The van der Waals surface area contributed by atoms with E-state index >= 15 is 0 Å². The third kappa shape index (κ3) is 2.08. The highest BCUT2D eigenvalue weighted by molar-refractivity contribution is 6.01. The summed E-state index contributed by atoms with van der Waals surface area (Å²) in [6, 6.07) is 5.51. The summed E-state index contributed by atoms with van der Waals surface area (Å²) in [6.07, 6.45) is 1.98. The average Bonchev–Trinajstić information content (AvgIpc) is 2.74. The number of imidazole rings is 1. The number of rotatable bonds is 2. The summed E-state index contributed by atoms with van der Waals surface area (Å²) in [4.78, 5) is 16.0. The Hall–Kier alpha value is -1.88. The van der Waals surface area contributed by atoms with E-state index in [0.29, 0.717) is 12.2 Å². The van der Waals surface area contributed by atoms with Crippen molar-refractivity contribution < 1.29 is 14.6 Å². The molecule has 2 unspecified atom stereocenters. The normalized spacial score (nSPS) is 23.1. The fraction of sp³-hybridized carbons (Fsp3) is 0.467. The van der Waals surface area contributed by atoms with Crippen LogP contribution in [0.25, 0.3) is 11.0 Å². The maximum absolute atomic E-state index is 11.5. The van der Waals surface area contributed by atoms with Crippen LogP contribution in [0.2, 0.25) is 0 Å². The van der Waals surface area contributed by atoms with Crippen LogP contribution in [-0.4, -0.2) is 33.3 Å². The molecule has 0 aliphatic carbocycles. The smallest absolute Gasteiger partial charge is 0.337 e. The summed E-state index contributed by atoms with van der Waals surface area (Å²) in [7, 11) is 0. The topological polar surface area (TPSA) is 64.3 Å². The van der Waals surface area contributed by atoms with Crippen molar-refractivity contribution in [3.8, 4) is 0 Å². The summed E-state index contributed by atoms with van der Waals surface area (Å²) in [5, 5.41) is 9.40. The van der Waals surface area contributed by atoms with E-state index in [9.17, 15) is 9.90 Å². The lowest BCUT2D eigenvalue weighted by molar-refractivity contribution is 0.00636. The number of aromatic nitrogens is 2. The monoisotopic (exact) mass is 274 g/mol. The Labute approximate surface area is 117 Å². The average molecular weight is 274 g/mol. The first kappa shape index (κ1) is 13.1. The summed E-state index contributed by atoms with van der Waals surface area (Å²) < 4.78 is 7.67. The number of aromatic carboxylic acids is 1. The van der Waals surface area contributed by atoms with Crippen LogP contribution in [0.4, 0.5) is 0 Å². The van der Waals surface area contributed by atoms with Crippen LogP contribution in [0.3, 0.4) is 0 Å². The van der Waals surface area contributed by atoms with Gasteiger partial charge in [-0.05, 0) is 38.8 Å². The molecule has 1 saturated heterocycles. The molecule has 1 N–H and O–H groups in total. The Balaban J connectivity index is 2.18. The molecule has 1 aromatic carbocycles. The van der Waals surface area contributed by atoms with Gasteiger partial charge in [0.25, 0.3) is 0 Å². The Morgan fingerprint density at radius 2 is 2.30 bits per heavy atom. The van der Waals surface area contributed by atoms with Crippen molar-refractivity contribution in [3.63, 3.8) is 0 Å². The molecule has 1 aliphatic rings. The number of carboxylic acids is 1. The maximum Gasteiger partial charge on any atom is 0.337 e. The van der Waals surface area contributed by atoms with Crippen molar-refractivity contribution in [2.45, 2.75) is 38.8 Å². The summed E-state index contributed by atoms with van der Waals surface area (Å²) >= 11 is 0. The predicted molar refractivity (Wildman–Crippen MR) is 75.1 cm³/mol. The number of hydrogen-bond acceptors (Lipinski definition) is 3. The highest BCUT2D eigenvalue weighted by Crippen LogP contribution is 2.31. The number of carbonyl (C=O) groups is 1. The van der Waals surface area contributed by atoms with Gasteiger partial charge in [0.15, 0.2) is 0 Å². The van der Waals surface area contributed by atoms with Gasteiger partial charge >= 0.3 is 5.97 Å². The lowest BCUT2D eigenvalue weighted by Gasteiger charge is -2.29. The van der Waals surface area contributed by atoms with E-state index in [1.165, 1.54) is 0 Å². The zero-order chi connectivity index (χ0) is 14.3. The lowest BCUT2D eigenvalue weighted by atomic mass is 10.0. The van der Waals surface area contributed by atoms with Gasteiger partial charge in [0.2, 0.25) is 0 Å². The minimum Gasteiger partial charge on any atom is -0.478 e. The van der Waals surface area contributed by atoms with E-state index < -0.39 is 5.97 Å². The van der Waals surface area contributed by atoms with Crippen LogP contribution in [-0.2, 0) is 4.74 Å². The second kappa shape index (κ2) is 4.90. The molecular formula is C15H18N2O3. The van der Waals surface area contributed by atoms with Crippen molar-refractivity contribution in [2.75, 3.05) is 6.61 Å². The van der Waals surface area contributed by atoms with Gasteiger partial charge in [0.1, 0.15) is 5.82 Å². The first-order valence-corrected chi connectivity index (χ1v) is 6.90. The minimum absolute atomic E-state index is 0.197. The first-order chi connectivity index (χ1) is 9.58. The summed E-state index contributed by atoms with van der Waals surface area (Å²) in [5.41, 5.74) is 1.81. The molecule has 1 aromatic heterocycles. The Kier molecular flexibility index (Phi) is 3.22.